The van der Waals surface area contributed by atoms with Crippen molar-refractivity contribution in [2.24, 2.45) is 0 Å². The van der Waals surface area contributed by atoms with Crippen molar-refractivity contribution in [2.45, 2.75) is 27.4 Å². The highest BCUT2D eigenvalue weighted by Crippen LogP contribution is 2.25. The predicted molar refractivity (Wildman–Crippen MR) is 100 cm³/mol. The van der Waals surface area contributed by atoms with Crippen molar-refractivity contribution in [3.8, 4) is 10.6 Å². The first-order valence-corrected chi connectivity index (χ1v) is 9.02. The van der Waals surface area contributed by atoms with Crippen LogP contribution >= 0.6 is 22.9 Å². The zero-order chi connectivity index (χ0) is 18.0. The molecule has 128 valence electrons. The van der Waals surface area contributed by atoms with Gasteiger partial charge in [-0.15, -0.1) is 11.3 Å². The molecule has 0 aliphatic heterocycles. The van der Waals surface area contributed by atoms with E-state index in [0.29, 0.717) is 11.3 Å². The fourth-order valence-corrected chi connectivity index (χ4v) is 3.62. The Morgan fingerprint density at radius 3 is 2.56 bits per heavy atom. The zero-order valence-corrected chi connectivity index (χ0v) is 15.7. The number of hydrogen-bond donors (Lipinski definition) is 0. The number of pyridine rings is 1. The van der Waals surface area contributed by atoms with E-state index in [-0.39, 0.29) is 11.8 Å². The van der Waals surface area contributed by atoms with Crippen LogP contribution in [0.3, 0.4) is 0 Å². The van der Waals surface area contributed by atoms with Gasteiger partial charge in [0.1, 0.15) is 16.8 Å². The predicted octanol–water partition coefficient (Wildman–Crippen LogP) is 5.14. The third kappa shape index (κ3) is 4.06. The molecule has 0 spiro atoms. The van der Waals surface area contributed by atoms with E-state index in [0.717, 1.165) is 21.8 Å². The van der Waals surface area contributed by atoms with E-state index < -0.39 is 5.97 Å². The maximum absolute atomic E-state index is 12.3. The first kappa shape index (κ1) is 17.6. The Hall–Kier alpha value is -2.24. The standard InChI is InChI=1S/C19H17ClN2O2S/c1-11-4-6-14(7-5-11)18-22-15(10-25-18)9-24-19(23)16-12(2)8-13(3)21-17(16)20/h4-8,10H,9H2,1-3H3. The third-order valence-corrected chi connectivity index (χ3v) is 4.92. The lowest BCUT2D eigenvalue weighted by atomic mass is 10.1. The molecule has 0 aliphatic rings. The summed E-state index contributed by atoms with van der Waals surface area (Å²) < 4.78 is 5.36. The van der Waals surface area contributed by atoms with Crippen molar-refractivity contribution in [1.29, 1.82) is 0 Å². The molecule has 0 amide bonds. The molecule has 25 heavy (non-hydrogen) atoms. The lowest BCUT2D eigenvalue weighted by Gasteiger charge is -2.08. The molecule has 0 bridgehead atoms. The molecular weight excluding hydrogens is 356 g/mol. The normalized spacial score (nSPS) is 10.7. The third-order valence-electron chi connectivity index (χ3n) is 3.71. The van der Waals surface area contributed by atoms with Crippen LogP contribution in [-0.2, 0) is 11.3 Å². The highest BCUT2D eigenvalue weighted by Gasteiger charge is 2.17. The number of esters is 1. The molecule has 3 aromatic rings. The van der Waals surface area contributed by atoms with Crippen molar-refractivity contribution < 1.29 is 9.53 Å². The summed E-state index contributed by atoms with van der Waals surface area (Å²) in [6.45, 7) is 5.79. The number of rotatable bonds is 4. The minimum absolute atomic E-state index is 0.102. The van der Waals surface area contributed by atoms with Gasteiger partial charge in [-0.2, -0.15) is 0 Å². The summed E-state index contributed by atoms with van der Waals surface area (Å²) in [5, 5.41) is 2.96. The SMILES string of the molecule is Cc1ccc(-c2nc(COC(=O)c3c(C)cc(C)nc3Cl)cs2)cc1. The van der Waals surface area contributed by atoms with E-state index in [1.54, 1.807) is 6.07 Å². The van der Waals surface area contributed by atoms with E-state index >= 15 is 0 Å². The summed E-state index contributed by atoms with van der Waals surface area (Å²) >= 11 is 7.61. The van der Waals surface area contributed by atoms with Gasteiger partial charge < -0.3 is 4.74 Å². The molecule has 1 aromatic carbocycles. The Morgan fingerprint density at radius 2 is 1.88 bits per heavy atom. The first-order valence-electron chi connectivity index (χ1n) is 7.76. The van der Waals surface area contributed by atoms with Crippen LogP contribution in [0.25, 0.3) is 10.6 Å². The minimum Gasteiger partial charge on any atom is -0.455 e. The van der Waals surface area contributed by atoms with Crippen molar-refractivity contribution in [1.82, 2.24) is 9.97 Å². The second kappa shape index (κ2) is 7.33. The fraction of sp³-hybridized carbons (Fsp3) is 0.211. The van der Waals surface area contributed by atoms with Gasteiger partial charge in [-0.3, -0.25) is 0 Å². The van der Waals surface area contributed by atoms with Gasteiger partial charge in [-0.05, 0) is 32.4 Å². The molecule has 6 heteroatoms. The molecule has 0 radical (unpaired) electrons. The first-order chi connectivity index (χ1) is 11.9. The summed E-state index contributed by atoms with van der Waals surface area (Å²) in [6.07, 6.45) is 0. The fourth-order valence-electron chi connectivity index (χ4n) is 2.45. The van der Waals surface area contributed by atoms with Gasteiger partial charge in [0.15, 0.2) is 0 Å². The van der Waals surface area contributed by atoms with Gasteiger partial charge in [0.05, 0.1) is 11.3 Å². The Labute approximate surface area is 155 Å². The van der Waals surface area contributed by atoms with Crippen molar-refractivity contribution >= 4 is 28.9 Å². The largest absolute Gasteiger partial charge is 0.455 e. The van der Waals surface area contributed by atoms with Gasteiger partial charge in [0.2, 0.25) is 0 Å². The Kier molecular flexibility index (Phi) is 5.16. The highest BCUT2D eigenvalue weighted by molar-refractivity contribution is 7.13. The summed E-state index contributed by atoms with van der Waals surface area (Å²) in [6, 6.07) is 9.97. The number of ether oxygens (including phenoxy) is 1. The number of hydrogen-bond acceptors (Lipinski definition) is 5. The molecule has 0 saturated heterocycles. The molecule has 3 rings (SSSR count). The second-order valence-electron chi connectivity index (χ2n) is 5.83. The smallest absolute Gasteiger partial charge is 0.341 e. The van der Waals surface area contributed by atoms with Crippen molar-refractivity contribution in [2.75, 3.05) is 0 Å². The molecule has 0 atom stereocenters. The van der Waals surface area contributed by atoms with E-state index in [2.05, 4.69) is 9.97 Å². The van der Waals surface area contributed by atoms with Crippen LogP contribution in [0.15, 0.2) is 35.7 Å². The molecule has 2 heterocycles. The number of aromatic nitrogens is 2. The molecule has 0 unspecified atom stereocenters. The van der Waals surface area contributed by atoms with Crippen molar-refractivity contribution in [3.05, 3.63) is 68.9 Å². The Morgan fingerprint density at radius 1 is 1.16 bits per heavy atom. The molecule has 4 nitrogen and oxygen atoms in total. The summed E-state index contributed by atoms with van der Waals surface area (Å²) in [4.78, 5) is 21.0. The maximum atomic E-state index is 12.3. The quantitative estimate of drug-likeness (QED) is 0.470. The molecule has 0 saturated carbocycles. The van der Waals surface area contributed by atoms with Gasteiger partial charge in [0.25, 0.3) is 0 Å². The summed E-state index contributed by atoms with van der Waals surface area (Å²) in [5.74, 6) is -0.486. The van der Waals surface area contributed by atoms with Crippen molar-refractivity contribution in [3.63, 3.8) is 0 Å². The van der Waals surface area contributed by atoms with E-state index in [4.69, 9.17) is 16.3 Å². The molecule has 0 N–H and O–H groups in total. The van der Waals surface area contributed by atoms with Crippen LogP contribution in [0.2, 0.25) is 5.15 Å². The second-order valence-corrected chi connectivity index (χ2v) is 7.05. The molecule has 0 fully saturated rings. The average molecular weight is 373 g/mol. The number of thiazole rings is 1. The van der Waals surface area contributed by atoms with Gasteiger partial charge in [0, 0.05) is 16.6 Å². The lowest BCUT2D eigenvalue weighted by Crippen LogP contribution is -2.09. The lowest BCUT2D eigenvalue weighted by molar-refractivity contribution is 0.0467. The van der Waals surface area contributed by atoms with Gasteiger partial charge in [-0.1, -0.05) is 41.4 Å². The molecule has 0 aliphatic carbocycles. The molecular formula is C19H17ClN2O2S. The number of nitrogens with zero attached hydrogens (tertiary/aromatic N) is 2. The van der Waals surface area contributed by atoms with E-state index in [1.807, 2.05) is 50.4 Å². The van der Waals surface area contributed by atoms with Crippen LogP contribution in [0.4, 0.5) is 0 Å². The summed E-state index contributed by atoms with van der Waals surface area (Å²) in [7, 11) is 0. The minimum atomic E-state index is -0.486. The average Bonchev–Trinajstić information content (AvgIpc) is 3.01. The van der Waals surface area contributed by atoms with Crippen LogP contribution in [-0.4, -0.2) is 15.9 Å². The number of carbonyl (C=O) groups excluding carboxylic acids is 1. The van der Waals surface area contributed by atoms with E-state index in [1.165, 1.54) is 16.9 Å². The number of benzene rings is 1. The van der Waals surface area contributed by atoms with Crippen LogP contribution in [0, 0.1) is 20.8 Å². The zero-order valence-electron chi connectivity index (χ0n) is 14.2. The Balaban J connectivity index is 1.70. The van der Waals surface area contributed by atoms with Crippen LogP contribution < -0.4 is 0 Å². The summed E-state index contributed by atoms with van der Waals surface area (Å²) in [5.41, 5.74) is 4.79. The van der Waals surface area contributed by atoms with Crippen LogP contribution in [0.5, 0.6) is 0 Å². The topological polar surface area (TPSA) is 52.1 Å². The Bertz CT molecular complexity index is 896. The highest BCUT2D eigenvalue weighted by atomic mass is 35.5. The maximum Gasteiger partial charge on any atom is 0.341 e. The number of aryl methyl sites for hydroxylation is 3. The van der Waals surface area contributed by atoms with Gasteiger partial charge in [-0.25, -0.2) is 14.8 Å². The van der Waals surface area contributed by atoms with E-state index in [9.17, 15) is 4.79 Å². The molecule has 2 aromatic heterocycles. The number of carbonyl (C=O) groups is 1. The monoisotopic (exact) mass is 372 g/mol. The number of halogens is 1. The van der Waals surface area contributed by atoms with Gasteiger partial charge >= 0.3 is 5.97 Å². The van der Waals surface area contributed by atoms with Crippen LogP contribution in [0.1, 0.15) is 32.9 Å².